The van der Waals surface area contributed by atoms with Gasteiger partial charge in [-0.1, -0.05) is 0 Å². The van der Waals surface area contributed by atoms with Gasteiger partial charge in [0, 0.05) is 21.3 Å². The second-order valence-electron chi connectivity index (χ2n) is 0.995. The fourth-order valence-corrected chi connectivity index (χ4v) is 0.671. The van der Waals surface area contributed by atoms with Crippen LogP contribution in [0.4, 0.5) is 0 Å². The fourth-order valence-electron chi connectivity index (χ4n) is 0.224. The van der Waals surface area contributed by atoms with Crippen molar-refractivity contribution in [1.82, 2.24) is 0 Å². The fraction of sp³-hybridized carbons (Fsp3) is 1.00. The zero-order valence-corrected chi connectivity index (χ0v) is 10.2. The summed E-state index contributed by atoms with van der Waals surface area (Å²) in [6.45, 7) is 0. The summed E-state index contributed by atoms with van der Waals surface area (Å²) in [6, 6.07) is 0. The van der Waals surface area contributed by atoms with Crippen molar-refractivity contribution in [1.29, 1.82) is 0 Å². The van der Waals surface area contributed by atoms with Crippen LogP contribution in [0.15, 0.2) is 0 Å². The van der Waals surface area contributed by atoms with Gasteiger partial charge >= 0.3 is 7.82 Å². The maximum atomic E-state index is 10.7. The minimum absolute atomic E-state index is 0. The SMILES string of the molecule is Br.COP(=O)(OC)OC.P. The molecule has 0 rings (SSSR count). The van der Waals surface area contributed by atoms with Crippen LogP contribution < -0.4 is 0 Å². The Balaban J connectivity index is -0.000000245. The first kappa shape index (κ1) is 17.2. The third kappa shape index (κ3) is 5.78. The van der Waals surface area contributed by atoms with Crippen LogP contribution in [0, 0.1) is 0 Å². The molecule has 4 nitrogen and oxygen atoms in total. The van der Waals surface area contributed by atoms with Crippen LogP contribution in [0.25, 0.3) is 0 Å². The normalized spacial score (nSPS) is 9.50. The molecule has 1 unspecified atom stereocenters. The predicted molar refractivity (Wildman–Crippen MR) is 50.1 cm³/mol. The average Bonchev–Trinajstić information content (AvgIpc) is 1.87. The Morgan fingerprint density at radius 2 is 1.20 bits per heavy atom. The molecule has 0 N–H and O–H groups in total. The van der Waals surface area contributed by atoms with E-state index in [1.165, 1.54) is 21.3 Å². The number of hydrogen-bond acceptors (Lipinski definition) is 4. The standard InChI is InChI=1S/C3H9O4P.BrH.H3P/c1-5-8(4,6-2)7-3;;/h1-3H3;1H;1H3. The van der Waals surface area contributed by atoms with Crippen LogP contribution in [-0.2, 0) is 18.1 Å². The lowest BCUT2D eigenvalue weighted by molar-refractivity contribution is 0.178. The van der Waals surface area contributed by atoms with E-state index in [2.05, 4.69) is 13.6 Å². The molecule has 0 saturated carbocycles. The molecule has 0 aliphatic carbocycles. The molecule has 0 aromatic rings. The van der Waals surface area contributed by atoms with Crippen molar-refractivity contribution >= 4 is 34.7 Å². The van der Waals surface area contributed by atoms with Gasteiger partial charge < -0.3 is 0 Å². The first-order valence-corrected chi connectivity index (χ1v) is 3.42. The molecule has 0 spiro atoms. The van der Waals surface area contributed by atoms with Crippen LogP contribution in [-0.4, -0.2) is 21.3 Å². The van der Waals surface area contributed by atoms with Crippen molar-refractivity contribution < 1.29 is 18.1 Å². The topological polar surface area (TPSA) is 44.8 Å². The van der Waals surface area contributed by atoms with Gasteiger partial charge in [0.05, 0.1) is 0 Å². The first-order valence-electron chi connectivity index (χ1n) is 1.96. The minimum Gasteiger partial charge on any atom is -0.290 e. The highest BCUT2D eigenvalue weighted by Gasteiger charge is 2.18. The van der Waals surface area contributed by atoms with E-state index in [9.17, 15) is 4.57 Å². The Labute approximate surface area is 74.6 Å². The molecular formula is C3H13BrO4P2. The molecule has 0 radical (unpaired) electrons. The highest BCUT2D eigenvalue weighted by molar-refractivity contribution is 8.93. The number of phosphoric acid groups is 1. The van der Waals surface area contributed by atoms with Gasteiger partial charge in [-0.15, -0.1) is 17.0 Å². The lowest BCUT2D eigenvalue weighted by atomic mass is 11.8. The van der Waals surface area contributed by atoms with Gasteiger partial charge in [0.15, 0.2) is 0 Å². The smallest absolute Gasteiger partial charge is 0.290 e. The third-order valence-corrected chi connectivity index (χ3v) is 2.01. The van der Waals surface area contributed by atoms with E-state index in [0.717, 1.165) is 0 Å². The molecule has 0 aromatic carbocycles. The molecule has 0 fully saturated rings. The number of rotatable bonds is 3. The van der Waals surface area contributed by atoms with Gasteiger partial charge in [0.25, 0.3) is 0 Å². The van der Waals surface area contributed by atoms with E-state index in [4.69, 9.17) is 0 Å². The largest absolute Gasteiger partial charge is 0.473 e. The molecule has 1 atom stereocenters. The predicted octanol–water partition coefficient (Wildman–Crippen LogP) is 1.67. The second-order valence-corrected chi connectivity index (χ2v) is 2.98. The Kier molecular flexibility index (Phi) is 14.0. The molecule has 0 heterocycles. The van der Waals surface area contributed by atoms with E-state index >= 15 is 0 Å². The maximum Gasteiger partial charge on any atom is 0.473 e. The maximum absolute atomic E-state index is 10.7. The van der Waals surface area contributed by atoms with Gasteiger partial charge in [-0.3, -0.25) is 13.6 Å². The van der Waals surface area contributed by atoms with Crippen LogP contribution >= 0.6 is 34.7 Å². The molecule has 10 heavy (non-hydrogen) atoms. The Morgan fingerprint density at radius 1 is 1.00 bits per heavy atom. The summed E-state index contributed by atoms with van der Waals surface area (Å²) in [5, 5.41) is 0. The monoisotopic (exact) mass is 254 g/mol. The van der Waals surface area contributed by atoms with E-state index in [1.54, 1.807) is 0 Å². The van der Waals surface area contributed by atoms with Gasteiger partial charge in [-0.05, 0) is 0 Å². The van der Waals surface area contributed by atoms with Crippen molar-refractivity contribution in [2.24, 2.45) is 0 Å². The van der Waals surface area contributed by atoms with E-state index in [0.29, 0.717) is 0 Å². The Bertz CT molecular complexity index is 89.7. The molecule has 0 aliphatic rings. The molecule has 66 valence electrons. The van der Waals surface area contributed by atoms with Crippen molar-refractivity contribution in [2.45, 2.75) is 0 Å². The van der Waals surface area contributed by atoms with E-state index in [1.807, 2.05) is 0 Å². The van der Waals surface area contributed by atoms with Crippen molar-refractivity contribution in [3.8, 4) is 0 Å². The van der Waals surface area contributed by atoms with Crippen molar-refractivity contribution in [3.63, 3.8) is 0 Å². The Hall–Kier alpha value is 1.02. The molecule has 0 aliphatic heterocycles. The highest BCUT2D eigenvalue weighted by Crippen LogP contribution is 2.46. The van der Waals surface area contributed by atoms with E-state index < -0.39 is 7.82 Å². The van der Waals surface area contributed by atoms with E-state index in [-0.39, 0.29) is 26.9 Å². The summed E-state index contributed by atoms with van der Waals surface area (Å²) in [5.74, 6) is 0. The molecular weight excluding hydrogens is 242 g/mol. The highest BCUT2D eigenvalue weighted by atomic mass is 79.9. The lowest BCUT2D eigenvalue weighted by Crippen LogP contribution is -1.88. The molecule has 7 heteroatoms. The molecule has 0 saturated heterocycles. The summed E-state index contributed by atoms with van der Waals surface area (Å²) in [6.07, 6.45) is 0. The van der Waals surface area contributed by atoms with Gasteiger partial charge in [0.2, 0.25) is 0 Å². The summed E-state index contributed by atoms with van der Waals surface area (Å²) >= 11 is 0. The zero-order chi connectivity index (χ0) is 6.62. The summed E-state index contributed by atoms with van der Waals surface area (Å²) in [5.41, 5.74) is 0. The lowest BCUT2D eigenvalue weighted by Gasteiger charge is -2.08. The Morgan fingerprint density at radius 3 is 1.20 bits per heavy atom. The van der Waals surface area contributed by atoms with Crippen LogP contribution in [0.3, 0.4) is 0 Å². The second kappa shape index (κ2) is 8.12. The van der Waals surface area contributed by atoms with Gasteiger partial charge in [-0.25, -0.2) is 4.57 Å². The zero-order valence-electron chi connectivity index (χ0n) is 6.20. The third-order valence-electron chi connectivity index (χ3n) is 0.671. The van der Waals surface area contributed by atoms with Gasteiger partial charge in [0.1, 0.15) is 0 Å². The number of hydrogen-bond donors (Lipinski definition) is 0. The first-order chi connectivity index (χ1) is 3.68. The van der Waals surface area contributed by atoms with Crippen LogP contribution in [0.5, 0.6) is 0 Å². The molecule has 0 aromatic heterocycles. The summed E-state index contributed by atoms with van der Waals surface area (Å²) < 4.78 is 23.7. The van der Waals surface area contributed by atoms with Crippen LogP contribution in [0.1, 0.15) is 0 Å². The minimum atomic E-state index is -3.16. The van der Waals surface area contributed by atoms with Crippen molar-refractivity contribution in [2.75, 3.05) is 21.3 Å². The molecule has 0 bridgehead atoms. The summed E-state index contributed by atoms with van der Waals surface area (Å²) in [7, 11) is 0.611. The summed E-state index contributed by atoms with van der Waals surface area (Å²) in [4.78, 5) is 0. The molecule has 0 amide bonds. The van der Waals surface area contributed by atoms with Crippen molar-refractivity contribution in [3.05, 3.63) is 0 Å². The number of halogens is 1. The average molecular weight is 255 g/mol. The number of phosphoric ester groups is 1. The van der Waals surface area contributed by atoms with Gasteiger partial charge in [-0.2, -0.15) is 9.90 Å². The van der Waals surface area contributed by atoms with Crippen LogP contribution in [0.2, 0.25) is 0 Å². The quantitative estimate of drug-likeness (QED) is 0.719.